The minimum absolute atomic E-state index is 0.0956. The molecule has 0 unspecified atom stereocenters. The maximum atomic E-state index is 12.1. The van der Waals surface area contributed by atoms with Gasteiger partial charge in [-0.1, -0.05) is 6.07 Å². The van der Waals surface area contributed by atoms with Crippen molar-refractivity contribution >= 4 is 17.2 Å². The standard InChI is InChI=1S/C17H20N4O2S/c22-17(12-3-4-19-20-7-12)18-6-13-11-23-16-10-21(9-15(13)16)8-14-2-1-5-24-14/h1-5,7,13,15-16H,6,8-11H2,(H,18,22)/t13-,15-,16-/m1/s1. The van der Waals surface area contributed by atoms with E-state index in [9.17, 15) is 4.79 Å². The molecule has 0 radical (unpaired) electrons. The number of thiophene rings is 1. The van der Waals surface area contributed by atoms with Crippen molar-refractivity contribution in [3.8, 4) is 0 Å². The Morgan fingerprint density at radius 3 is 3.12 bits per heavy atom. The molecule has 4 rings (SSSR count). The van der Waals surface area contributed by atoms with E-state index in [4.69, 9.17) is 4.74 Å². The number of nitrogens with one attached hydrogen (secondary N) is 1. The second kappa shape index (κ2) is 6.96. The molecule has 6 nitrogen and oxygen atoms in total. The van der Waals surface area contributed by atoms with Gasteiger partial charge < -0.3 is 10.1 Å². The first-order valence-corrected chi connectivity index (χ1v) is 9.09. The van der Waals surface area contributed by atoms with Crippen LogP contribution in [-0.4, -0.2) is 53.3 Å². The van der Waals surface area contributed by atoms with Crippen LogP contribution in [0.1, 0.15) is 15.2 Å². The minimum Gasteiger partial charge on any atom is -0.376 e. The number of hydrogen-bond acceptors (Lipinski definition) is 6. The Morgan fingerprint density at radius 2 is 2.33 bits per heavy atom. The van der Waals surface area contributed by atoms with Crippen molar-refractivity contribution < 1.29 is 9.53 Å². The first-order valence-electron chi connectivity index (χ1n) is 8.21. The van der Waals surface area contributed by atoms with Gasteiger partial charge in [0.25, 0.3) is 5.91 Å². The summed E-state index contributed by atoms with van der Waals surface area (Å²) in [7, 11) is 0. The Kier molecular flexibility index (Phi) is 4.55. The van der Waals surface area contributed by atoms with Gasteiger partial charge in [0.05, 0.1) is 30.7 Å². The van der Waals surface area contributed by atoms with E-state index in [0.29, 0.717) is 30.0 Å². The second-order valence-electron chi connectivity index (χ2n) is 6.41. The van der Waals surface area contributed by atoms with Gasteiger partial charge in [0.2, 0.25) is 0 Å². The summed E-state index contributed by atoms with van der Waals surface area (Å²) < 4.78 is 5.97. The number of hydrogen-bond donors (Lipinski definition) is 1. The van der Waals surface area contributed by atoms with E-state index in [1.54, 1.807) is 17.4 Å². The van der Waals surface area contributed by atoms with E-state index in [1.165, 1.54) is 17.3 Å². The van der Waals surface area contributed by atoms with Crippen molar-refractivity contribution in [2.75, 3.05) is 26.2 Å². The summed E-state index contributed by atoms with van der Waals surface area (Å²) in [6.07, 6.45) is 3.32. The number of nitrogens with zero attached hydrogens (tertiary/aromatic N) is 3. The van der Waals surface area contributed by atoms with Gasteiger partial charge in [-0.25, -0.2) is 0 Å². The molecule has 2 aliphatic heterocycles. The molecule has 2 aliphatic rings. The van der Waals surface area contributed by atoms with Crippen LogP contribution >= 0.6 is 11.3 Å². The topological polar surface area (TPSA) is 67.3 Å². The Balaban J connectivity index is 1.30. The first-order chi connectivity index (χ1) is 11.8. The molecule has 0 spiro atoms. The lowest BCUT2D eigenvalue weighted by molar-refractivity contribution is 0.0904. The molecule has 1 amide bonds. The highest BCUT2D eigenvalue weighted by Crippen LogP contribution is 2.34. The van der Waals surface area contributed by atoms with Crippen molar-refractivity contribution in [2.24, 2.45) is 11.8 Å². The predicted molar refractivity (Wildman–Crippen MR) is 90.7 cm³/mol. The fraction of sp³-hybridized carbons (Fsp3) is 0.471. The summed E-state index contributed by atoms with van der Waals surface area (Å²) in [5, 5.41) is 12.6. The number of carbonyl (C=O) groups excluding carboxylic acids is 1. The number of rotatable bonds is 5. The summed E-state index contributed by atoms with van der Waals surface area (Å²) >= 11 is 1.80. The SMILES string of the molecule is O=C(NC[C@@H]1CO[C@@H]2CN(Cc3cccs3)C[C@H]12)c1ccnnc1. The molecule has 3 atom stereocenters. The van der Waals surface area contributed by atoms with Gasteiger partial charge in [0.15, 0.2) is 0 Å². The molecule has 0 aromatic carbocycles. The fourth-order valence-corrected chi connectivity index (χ4v) is 4.34. The van der Waals surface area contributed by atoms with Crippen LogP contribution in [0.2, 0.25) is 0 Å². The van der Waals surface area contributed by atoms with Gasteiger partial charge in [-0.15, -0.1) is 11.3 Å². The lowest BCUT2D eigenvalue weighted by Gasteiger charge is -2.19. The van der Waals surface area contributed by atoms with Crippen LogP contribution in [0, 0.1) is 11.8 Å². The Hall–Kier alpha value is -1.83. The quantitative estimate of drug-likeness (QED) is 0.888. The van der Waals surface area contributed by atoms with Gasteiger partial charge in [-0.2, -0.15) is 10.2 Å². The highest BCUT2D eigenvalue weighted by Gasteiger charge is 2.43. The average molecular weight is 344 g/mol. The molecule has 1 N–H and O–H groups in total. The largest absolute Gasteiger partial charge is 0.376 e. The van der Waals surface area contributed by atoms with Crippen LogP contribution in [0.5, 0.6) is 0 Å². The van der Waals surface area contributed by atoms with E-state index in [2.05, 4.69) is 37.9 Å². The number of fused-ring (bicyclic) bond motifs is 1. The molecular weight excluding hydrogens is 324 g/mol. The van der Waals surface area contributed by atoms with Crippen LogP contribution in [0.3, 0.4) is 0 Å². The van der Waals surface area contributed by atoms with Gasteiger partial charge >= 0.3 is 0 Å². The van der Waals surface area contributed by atoms with Gasteiger partial charge in [0, 0.05) is 42.9 Å². The van der Waals surface area contributed by atoms with Gasteiger partial charge in [-0.05, 0) is 17.5 Å². The fourth-order valence-electron chi connectivity index (χ4n) is 3.59. The van der Waals surface area contributed by atoms with Gasteiger partial charge in [0.1, 0.15) is 0 Å². The zero-order valence-electron chi connectivity index (χ0n) is 13.3. The third kappa shape index (κ3) is 3.33. The normalized spacial score (nSPS) is 26.4. The van der Waals surface area contributed by atoms with Gasteiger partial charge in [-0.3, -0.25) is 9.69 Å². The van der Waals surface area contributed by atoms with Crippen LogP contribution in [0.15, 0.2) is 36.0 Å². The Labute approximate surface area is 144 Å². The van der Waals surface area contributed by atoms with Crippen molar-refractivity contribution in [3.63, 3.8) is 0 Å². The van der Waals surface area contributed by atoms with Crippen LogP contribution in [-0.2, 0) is 11.3 Å². The van der Waals surface area contributed by atoms with Crippen molar-refractivity contribution in [3.05, 3.63) is 46.4 Å². The minimum atomic E-state index is -0.0956. The lowest BCUT2D eigenvalue weighted by Crippen LogP contribution is -2.34. The first kappa shape index (κ1) is 15.7. The average Bonchev–Trinajstić information content (AvgIpc) is 3.32. The molecule has 2 aromatic heterocycles. The van der Waals surface area contributed by atoms with E-state index < -0.39 is 0 Å². The zero-order chi connectivity index (χ0) is 16.4. The summed E-state index contributed by atoms with van der Waals surface area (Å²) in [5.41, 5.74) is 0.547. The van der Waals surface area contributed by atoms with E-state index in [1.807, 2.05) is 0 Å². The van der Waals surface area contributed by atoms with Crippen molar-refractivity contribution in [1.82, 2.24) is 20.4 Å². The van der Waals surface area contributed by atoms with Crippen LogP contribution in [0.25, 0.3) is 0 Å². The summed E-state index contributed by atoms with van der Waals surface area (Å²) in [5.74, 6) is 0.782. The number of carbonyl (C=O) groups is 1. The maximum Gasteiger partial charge on any atom is 0.252 e. The third-order valence-electron chi connectivity index (χ3n) is 4.85. The molecule has 2 fully saturated rings. The van der Waals surface area contributed by atoms with Crippen LogP contribution in [0.4, 0.5) is 0 Å². The number of ether oxygens (including phenoxy) is 1. The Bertz CT molecular complexity index is 679. The predicted octanol–water partition coefficient (Wildman–Crippen LogP) is 1.41. The molecular formula is C17H20N4O2S. The van der Waals surface area contributed by atoms with Crippen LogP contribution < -0.4 is 5.32 Å². The summed E-state index contributed by atoms with van der Waals surface area (Å²) in [4.78, 5) is 16.0. The molecule has 24 heavy (non-hydrogen) atoms. The Morgan fingerprint density at radius 1 is 1.38 bits per heavy atom. The second-order valence-corrected chi connectivity index (χ2v) is 7.44. The van der Waals surface area contributed by atoms with Crippen molar-refractivity contribution in [1.29, 1.82) is 0 Å². The smallest absolute Gasteiger partial charge is 0.252 e. The third-order valence-corrected chi connectivity index (χ3v) is 5.71. The highest BCUT2D eigenvalue weighted by atomic mass is 32.1. The molecule has 126 valence electrons. The molecule has 0 bridgehead atoms. The summed E-state index contributed by atoms with van der Waals surface area (Å²) in [6, 6.07) is 5.95. The lowest BCUT2D eigenvalue weighted by atomic mass is 9.93. The summed E-state index contributed by atoms with van der Waals surface area (Å²) in [6.45, 7) is 4.41. The highest BCUT2D eigenvalue weighted by molar-refractivity contribution is 7.09. The molecule has 2 saturated heterocycles. The monoisotopic (exact) mass is 344 g/mol. The van der Waals surface area contributed by atoms with E-state index in [0.717, 1.165) is 26.2 Å². The number of aromatic nitrogens is 2. The molecule has 0 saturated carbocycles. The van der Waals surface area contributed by atoms with E-state index >= 15 is 0 Å². The maximum absolute atomic E-state index is 12.1. The number of likely N-dealkylation sites (tertiary alicyclic amines) is 1. The van der Waals surface area contributed by atoms with E-state index in [-0.39, 0.29) is 5.91 Å². The molecule has 4 heterocycles. The van der Waals surface area contributed by atoms with Crippen molar-refractivity contribution in [2.45, 2.75) is 12.6 Å². The molecule has 2 aromatic rings. The number of amides is 1. The molecule has 7 heteroatoms. The zero-order valence-corrected chi connectivity index (χ0v) is 14.1. The molecule has 0 aliphatic carbocycles.